The standard InChI is InChI=1S/C15H18FNS/c1-3-13(17-4-2)15-10-9-14(18-15)11-5-7-12(16)8-6-11/h5-10,13,17H,3-4H2,1-2H3. The molecule has 1 unspecified atom stereocenters. The highest BCUT2D eigenvalue weighted by molar-refractivity contribution is 7.15. The molecule has 0 spiro atoms. The van der Waals surface area contributed by atoms with Crippen LogP contribution in [0.4, 0.5) is 4.39 Å². The molecule has 1 heterocycles. The molecule has 0 amide bonds. The van der Waals surface area contributed by atoms with Crippen molar-refractivity contribution in [1.29, 1.82) is 0 Å². The summed E-state index contributed by atoms with van der Waals surface area (Å²) in [5.74, 6) is -0.186. The molecule has 1 nitrogen and oxygen atoms in total. The highest BCUT2D eigenvalue weighted by atomic mass is 32.1. The monoisotopic (exact) mass is 263 g/mol. The van der Waals surface area contributed by atoms with E-state index in [4.69, 9.17) is 0 Å². The van der Waals surface area contributed by atoms with Crippen molar-refractivity contribution in [2.24, 2.45) is 0 Å². The van der Waals surface area contributed by atoms with Gasteiger partial charge in [-0.25, -0.2) is 4.39 Å². The Balaban J connectivity index is 2.21. The van der Waals surface area contributed by atoms with Crippen LogP contribution in [0, 0.1) is 5.82 Å². The predicted molar refractivity (Wildman–Crippen MR) is 76.4 cm³/mol. The lowest BCUT2D eigenvalue weighted by Crippen LogP contribution is -2.18. The van der Waals surface area contributed by atoms with Crippen LogP contribution in [0.1, 0.15) is 31.2 Å². The summed E-state index contributed by atoms with van der Waals surface area (Å²) in [6, 6.07) is 11.4. The van der Waals surface area contributed by atoms with Gasteiger partial charge in [-0.05, 0) is 42.8 Å². The number of thiophene rings is 1. The molecule has 1 aromatic heterocycles. The SMILES string of the molecule is CCNC(CC)c1ccc(-c2ccc(F)cc2)s1. The highest BCUT2D eigenvalue weighted by Crippen LogP contribution is 2.32. The first-order chi connectivity index (χ1) is 8.74. The van der Waals surface area contributed by atoms with E-state index in [2.05, 4.69) is 31.3 Å². The highest BCUT2D eigenvalue weighted by Gasteiger charge is 2.11. The summed E-state index contributed by atoms with van der Waals surface area (Å²) in [4.78, 5) is 2.54. The van der Waals surface area contributed by atoms with Gasteiger partial charge in [0.2, 0.25) is 0 Å². The van der Waals surface area contributed by atoms with E-state index in [9.17, 15) is 4.39 Å². The minimum atomic E-state index is -0.186. The largest absolute Gasteiger partial charge is 0.310 e. The maximum Gasteiger partial charge on any atom is 0.123 e. The van der Waals surface area contributed by atoms with Gasteiger partial charge in [0.15, 0.2) is 0 Å². The van der Waals surface area contributed by atoms with E-state index in [1.165, 1.54) is 21.9 Å². The molecule has 1 atom stereocenters. The van der Waals surface area contributed by atoms with Gasteiger partial charge >= 0.3 is 0 Å². The maximum absolute atomic E-state index is 12.9. The van der Waals surface area contributed by atoms with Crippen molar-refractivity contribution >= 4 is 11.3 Å². The van der Waals surface area contributed by atoms with Crippen molar-refractivity contribution in [2.45, 2.75) is 26.3 Å². The summed E-state index contributed by atoms with van der Waals surface area (Å²) in [6.07, 6.45) is 1.08. The molecule has 0 radical (unpaired) electrons. The Morgan fingerprint density at radius 3 is 2.44 bits per heavy atom. The van der Waals surface area contributed by atoms with Crippen LogP contribution >= 0.6 is 11.3 Å². The van der Waals surface area contributed by atoms with Crippen LogP contribution in [0.15, 0.2) is 36.4 Å². The third kappa shape index (κ3) is 2.98. The summed E-state index contributed by atoms with van der Waals surface area (Å²) in [6.45, 7) is 5.28. The van der Waals surface area contributed by atoms with E-state index >= 15 is 0 Å². The fourth-order valence-electron chi connectivity index (χ4n) is 2.00. The molecule has 2 rings (SSSR count). The molecule has 0 fully saturated rings. The molecule has 2 aromatic rings. The van der Waals surface area contributed by atoms with E-state index in [-0.39, 0.29) is 5.82 Å². The zero-order valence-electron chi connectivity index (χ0n) is 10.7. The molecule has 96 valence electrons. The van der Waals surface area contributed by atoms with Crippen LogP contribution in [-0.2, 0) is 0 Å². The number of nitrogens with one attached hydrogen (secondary N) is 1. The first-order valence-corrected chi connectivity index (χ1v) is 7.15. The second kappa shape index (κ2) is 6.12. The van der Waals surface area contributed by atoms with Crippen molar-refractivity contribution < 1.29 is 4.39 Å². The maximum atomic E-state index is 12.9. The van der Waals surface area contributed by atoms with Gasteiger partial charge in [-0.1, -0.05) is 26.0 Å². The third-order valence-electron chi connectivity index (χ3n) is 2.96. The van der Waals surface area contributed by atoms with Crippen LogP contribution in [0.3, 0.4) is 0 Å². The van der Waals surface area contributed by atoms with Gasteiger partial charge < -0.3 is 5.32 Å². The molecule has 1 aromatic carbocycles. The van der Waals surface area contributed by atoms with E-state index in [0.717, 1.165) is 18.5 Å². The Bertz CT molecular complexity index is 489. The first kappa shape index (κ1) is 13.2. The Morgan fingerprint density at radius 2 is 1.83 bits per heavy atom. The van der Waals surface area contributed by atoms with E-state index in [0.29, 0.717) is 6.04 Å². The lowest BCUT2D eigenvalue weighted by Gasteiger charge is -2.13. The van der Waals surface area contributed by atoms with Gasteiger partial charge in [-0.15, -0.1) is 11.3 Å². The number of rotatable bonds is 5. The summed E-state index contributed by atoms with van der Waals surface area (Å²) in [5.41, 5.74) is 1.08. The second-order valence-corrected chi connectivity index (χ2v) is 5.34. The Labute approximate surface area is 112 Å². The summed E-state index contributed by atoms with van der Waals surface area (Å²) >= 11 is 1.78. The van der Waals surface area contributed by atoms with Gasteiger partial charge in [0.1, 0.15) is 5.82 Å². The lowest BCUT2D eigenvalue weighted by atomic mass is 10.1. The minimum Gasteiger partial charge on any atom is -0.310 e. The van der Waals surface area contributed by atoms with Crippen LogP contribution in [0.5, 0.6) is 0 Å². The normalized spacial score (nSPS) is 12.6. The van der Waals surface area contributed by atoms with Crippen molar-refractivity contribution in [3.63, 3.8) is 0 Å². The van der Waals surface area contributed by atoms with E-state index < -0.39 is 0 Å². The first-order valence-electron chi connectivity index (χ1n) is 6.33. The van der Waals surface area contributed by atoms with E-state index in [1.54, 1.807) is 11.3 Å². The topological polar surface area (TPSA) is 12.0 Å². The number of benzene rings is 1. The van der Waals surface area contributed by atoms with Crippen LogP contribution in [0.25, 0.3) is 10.4 Å². The van der Waals surface area contributed by atoms with Crippen LogP contribution in [-0.4, -0.2) is 6.54 Å². The van der Waals surface area contributed by atoms with Crippen molar-refractivity contribution in [2.75, 3.05) is 6.54 Å². The molecule has 0 bridgehead atoms. The Hall–Kier alpha value is -1.19. The average molecular weight is 263 g/mol. The van der Waals surface area contributed by atoms with Crippen molar-refractivity contribution in [3.05, 3.63) is 47.1 Å². The van der Waals surface area contributed by atoms with Crippen LogP contribution in [0.2, 0.25) is 0 Å². The molecular formula is C15H18FNS. The van der Waals surface area contributed by atoms with Crippen molar-refractivity contribution in [3.8, 4) is 10.4 Å². The zero-order chi connectivity index (χ0) is 13.0. The predicted octanol–water partition coefficient (Wildman–Crippen LogP) is 4.61. The minimum absolute atomic E-state index is 0.186. The zero-order valence-corrected chi connectivity index (χ0v) is 11.6. The second-order valence-electron chi connectivity index (χ2n) is 4.23. The summed E-state index contributed by atoms with van der Waals surface area (Å²) in [5, 5.41) is 3.47. The molecule has 0 saturated heterocycles. The fraction of sp³-hybridized carbons (Fsp3) is 0.333. The van der Waals surface area contributed by atoms with Crippen LogP contribution < -0.4 is 5.32 Å². The van der Waals surface area contributed by atoms with Gasteiger partial charge in [-0.2, -0.15) is 0 Å². The Kier molecular flexibility index (Phi) is 4.50. The smallest absolute Gasteiger partial charge is 0.123 e. The number of halogens is 1. The molecule has 0 aliphatic heterocycles. The Morgan fingerprint density at radius 1 is 1.11 bits per heavy atom. The van der Waals surface area contributed by atoms with Crippen molar-refractivity contribution in [1.82, 2.24) is 5.32 Å². The quantitative estimate of drug-likeness (QED) is 0.830. The van der Waals surface area contributed by atoms with Gasteiger partial charge in [-0.3, -0.25) is 0 Å². The third-order valence-corrected chi connectivity index (χ3v) is 4.21. The average Bonchev–Trinajstić information content (AvgIpc) is 2.86. The molecule has 0 aliphatic rings. The molecule has 0 saturated carbocycles. The van der Waals surface area contributed by atoms with Gasteiger partial charge in [0, 0.05) is 15.8 Å². The molecule has 0 aliphatic carbocycles. The summed E-state index contributed by atoms with van der Waals surface area (Å²) in [7, 11) is 0. The van der Waals surface area contributed by atoms with Gasteiger partial charge in [0.05, 0.1) is 0 Å². The molecular weight excluding hydrogens is 245 g/mol. The van der Waals surface area contributed by atoms with Gasteiger partial charge in [0.25, 0.3) is 0 Å². The summed E-state index contributed by atoms with van der Waals surface area (Å²) < 4.78 is 12.9. The number of hydrogen-bond acceptors (Lipinski definition) is 2. The van der Waals surface area contributed by atoms with E-state index in [1.807, 2.05) is 12.1 Å². The lowest BCUT2D eigenvalue weighted by molar-refractivity contribution is 0.545. The molecule has 3 heteroatoms. The molecule has 18 heavy (non-hydrogen) atoms. The number of hydrogen-bond donors (Lipinski definition) is 1. The fourth-order valence-corrected chi connectivity index (χ4v) is 3.17. The molecule has 1 N–H and O–H groups in total.